The number of aromatic nitrogens is 3. The van der Waals surface area contributed by atoms with Crippen molar-refractivity contribution >= 4 is 11.7 Å². The zero-order valence-electron chi connectivity index (χ0n) is 15.7. The third-order valence-electron chi connectivity index (χ3n) is 4.53. The largest absolute Gasteiger partial charge is 0.464 e. The molecule has 29 heavy (non-hydrogen) atoms. The third kappa shape index (κ3) is 3.84. The maximum Gasteiger partial charge on any atom is 0.255 e. The number of nitrogens with zero attached hydrogens (tertiary/aromatic N) is 3. The number of nitrogens with one attached hydrogen (secondary N) is 1. The van der Waals surface area contributed by atoms with Crippen LogP contribution in [0.5, 0.6) is 0 Å². The van der Waals surface area contributed by atoms with Crippen LogP contribution >= 0.6 is 0 Å². The quantitative estimate of drug-likeness (QED) is 0.511. The molecule has 0 spiro atoms. The van der Waals surface area contributed by atoms with Crippen LogP contribution in [0, 0.1) is 0 Å². The van der Waals surface area contributed by atoms with Gasteiger partial charge in [-0.15, -0.1) is 0 Å². The van der Waals surface area contributed by atoms with Gasteiger partial charge in [0.15, 0.2) is 5.78 Å². The van der Waals surface area contributed by atoms with Crippen molar-refractivity contribution in [2.45, 2.75) is 0 Å². The van der Waals surface area contributed by atoms with Crippen molar-refractivity contribution in [3.63, 3.8) is 0 Å². The molecule has 4 aromatic rings. The zero-order chi connectivity index (χ0) is 20.2. The Morgan fingerprint density at radius 1 is 1.10 bits per heavy atom. The van der Waals surface area contributed by atoms with Crippen molar-refractivity contribution in [3.05, 3.63) is 89.2 Å². The molecule has 7 nitrogen and oxygen atoms in total. The smallest absolute Gasteiger partial charge is 0.255 e. The van der Waals surface area contributed by atoms with E-state index < -0.39 is 0 Å². The molecule has 4 rings (SSSR count). The second-order valence-electron chi connectivity index (χ2n) is 6.40. The average molecular weight is 386 g/mol. The number of carbonyl (C=O) groups is 1. The van der Waals surface area contributed by atoms with Gasteiger partial charge in [-0.2, -0.15) is 0 Å². The van der Waals surface area contributed by atoms with Crippen molar-refractivity contribution in [2.75, 3.05) is 11.9 Å². The molecule has 7 heteroatoms. The van der Waals surface area contributed by atoms with E-state index in [-0.39, 0.29) is 17.9 Å². The summed E-state index contributed by atoms with van der Waals surface area (Å²) in [7, 11) is 1.61. The summed E-state index contributed by atoms with van der Waals surface area (Å²) in [6.07, 6.45) is 4.84. The summed E-state index contributed by atoms with van der Waals surface area (Å²) < 4.78 is 6.81. The summed E-state index contributed by atoms with van der Waals surface area (Å²) >= 11 is 0. The van der Waals surface area contributed by atoms with Crippen molar-refractivity contribution in [3.8, 4) is 22.6 Å². The molecule has 0 aliphatic heterocycles. The molecule has 0 saturated heterocycles. The Morgan fingerprint density at radius 2 is 1.90 bits per heavy atom. The van der Waals surface area contributed by atoms with E-state index >= 15 is 0 Å². The molecule has 3 heterocycles. The molecule has 144 valence electrons. The van der Waals surface area contributed by atoms with Gasteiger partial charge in [0.1, 0.15) is 5.76 Å². The normalized spacial score (nSPS) is 10.7. The number of anilines is 1. The summed E-state index contributed by atoms with van der Waals surface area (Å²) in [5.74, 6) is 0.799. The second kappa shape index (κ2) is 7.93. The Morgan fingerprint density at radius 3 is 2.66 bits per heavy atom. The molecule has 0 saturated carbocycles. The van der Waals surface area contributed by atoms with E-state index in [2.05, 4.69) is 15.3 Å². The second-order valence-corrected chi connectivity index (χ2v) is 6.40. The van der Waals surface area contributed by atoms with Gasteiger partial charge in [0.2, 0.25) is 5.95 Å². The lowest BCUT2D eigenvalue weighted by Crippen LogP contribution is -2.24. The summed E-state index contributed by atoms with van der Waals surface area (Å²) in [6.45, 7) is -0.0161. The van der Waals surface area contributed by atoms with E-state index in [0.29, 0.717) is 23.0 Å². The van der Waals surface area contributed by atoms with Gasteiger partial charge in [0.25, 0.3) is 5.56 Å². The van der Waals surface area contributed by atoms with Crippen molar-refractivity contribution in [2.24, 2.45) is 7.05 Å². The van der Waals surface area contributed by atoms with Gasteiger partial charge < -0.3 is 9.73 Å². The Labute approximate surface area is 166 Å². The minimum atomic E-state index is -0.224. The molecule has 0 aliphatic rings. The number of Topliss-reactive ketones (excluding diaryl/α,β-unsaturated/α-hetero) is 1. The molecule has 0 bridgehead atoms. The standard InChI is InChI=1S/C22H18N4O3/c1-26-21(28)13-18(15-8-10-23-11-9-15)25-22(26)24-14-19(27)16-5-2-3-6-17(16)20-7-4-12-29-20/h2-13H,14H2,1H3,(H,24,25). The molecule has 1 N–H and O–H groups in total. The van der Waals surface area contributed by atoms with Crippen LogP contribution < -0.4 is 10.9 Å². The first-order valence-corrected chi connectivity index (χ1v) is 9.02. The van der Waals surface area contributed by atoms with Crippen LogP contribution in [-0.4, -0.2) is 26.9 Å². The number of furan rings is 1. The zero-order valence-corrected chi connectivity index (χ0v) is 15.7. The van der Waals surface area contributed by atoms with Gasteiger partial charge in [-0.05, 0) is 24.3 Å². The van der Waals surface area contributed by atoms with E-state index in [1.54, 1.807) is 56.0 Å². The van der Waals surface area contributed by atoms with Gasteiger partial charge in [0, 0.05) is 42.2 Å². The Kier molecular flexibility index (Phi) is 5.03. The molecular formula is C22H18N4O3. The predicted molar refractivity (Wildman–Crippen MR) is 110 cm³/mol. The third-order valence-corrected chi connectivity index (χ3v) is 4.53. The lowest BCUT2D eigenvalue weighted by molar-refractivity contribution is 0.101. The molecule has 0 amide bonds. The number of rotatable bonds is 6. The number of hydrogen-bond donors (Lipinski definition) is 1. The predicted octanol–water partition coefficient (Wildman–Crippen LogP) is 3.40. The van der Waals surface area contributed by atoms with Crippen LogP contribution in [0.3, 0.4) is 0 Å². The lowest BCUT2D eigenvalue weighted by atomic mass is 10.0. The Bertz CT molecular complexity index is 1200. The topological polar surface area (TPSA) is 90.0 Å². The van der Waals surface area contributed by atoms with Crippen LogP contribution in [0.1, 0.15) is 10.4 Å². The maximum atomic E-state index is 12.9. The number of benzene rings is 1. The first-order valence-electron chi connectivity index (χ1n) is 9.02. The van der Waals surface area contributed by atoms with Gasteiger partial charge in [-0.25, -0.2) is 4.98 Å². The summed E-state index contributed by atoms with van der Waals surface area (Å²) in [5.41, 5.74) is 2.32. The molecule has 0 radical (unpaired) electrons. The monoisotopic (exact) mass is 386 g/mol. The Hall–Kier alpha value is -4.00. The lowest BCUT2D eigenvalue weighted by Gasteiger charge is -2.12. The molecule has 0 unspecified atom stereocenters. The molecule has 3 aromatic heterocycles. The number of pyridine rings is 1. The highest BCUT2D eigenvalue weighted by atomic mass is 16.3. The molecular weight excluding hydrogens is 368 g/mol. The number of ketones is 1. The maximum absolute atomic E-state index is 12.9. The van der Waals surface area contributed by atoms with E-state index in [1.165, 1.54) is 10.6 Å². The fourth-order valence-corrected chi connectivity index (χ4v) is 3.00. The van der Waals surface area contributed by atoms with Crippen LogP contribution in [0.25, 0.3) is 22.6 Å². The first-order chi connectivity index (χ1) is 14.1. The average Bonchev–Trinajstić information content (AvgIpc) is 3.30. The molecule has 0 aliphatic carbocycles. The highest BCUT2D eigenvalue weighted by Crippen LogP contribution is 2.24. The van der Waals surface area contributed by atoms with Crippen LogP contribution in [0.2, 0.25) is 0 Å². The minimum Gasteiger partial charge on any atom is -0.464 e. The van der Waals surface area contributed by atoms with E-state index in [9.17, 15) is 9.59 Å². The van der Waals surface area contributed by atoms with E-state index in [4.69, 9.17) is 4.42 Å². The minimum absolute atomic E-state index is 0.0161. The van der Waals surface area contributed by atoms with Crippen LogP contribution in [0.15, 0.2) is 82.5 Å². The summed E-state index contributed by atoms with van der Waals surface area (Å²) in [5, 5.41) is 2.99. The van der Waals surface area contributed by atoms with Crippen molar-refractivity contribution < 1.29 is 9.21 Å². The Balaban J connectivity index is 1.60. The summed E-state index contributed by atoms with van der Waals surface area (Å²) in [6, 6.07) is 15.8. The fourth-order valence-electron chi connectivity index (χ4n) is 3.00. The van der Waals surface area contributed by atoms with E-state index in [1.807, 2.05) is 18.2 Å². The number of carbonyl (C=O) groups excluding carboxylic acids is 1. The number of hydrogen-bond acceptors (Lipinski definition) is 6. The van der Waals surface area contributed by atoms with Gasteiger partial charge in [-0.3, -0.25) is 19.1 Å². The highest BCUT2D eigenvalue weighted by molar-refractivity contribution is 6.04. The van der Waals surface area contributed by atoms with Gasteiger partial charge in [0.05, 0.1) is 18.5 Å². The molecule has 0 fully saturated rings. The highest BCUT2D eigenvalue weighted by Gasteiger charge is 2.15. The SMILES string of the molecule is Cn1c(NCC(=O)c2ccccc2-c2ccco2)nc(-c2ccncc2)cc1=O. The fraction of sp³-hybridized carbons (Fsp3) is 0.0909. The van der Waals surface area contributed by atoms with Crippen molar-refractivity contribution in [1.29, 1.82) is 0 Å². The molecule has 1 aromatic carbocycles. The summed E-state index contributed by atoms with van der Waals surface area (Å²) in [4.78, 5) is 33.7. The molecule has 0 atom stereocenters. The van der Waals surface area contributed by atoms with Crippen LogP contribution in [-0.2, 0) is 7.05 Å². The van der Waals surface area contributed by atoms with Gasteiger partial charge in [-0.1, -0.05) is 24.3 Å². The van der Waals surface area contributed by atoms with Crippen molar-refractivity contribution in [1.82, 2.24) is 14.5 Å². The van der Waals surface area contributed by atoms with Crippen LogP contribution in [0.4, 0.5) is 5.95 Å². The first kappa shape index (κ1) is 18.4. The van der Waals surface area contributed by atoms with Gasteiger partial charge >= 0.3 is 0 Å². The van der Waals surface area contributed by atoms with E-state index in [0.717, 1.165) is 11.1 Å².